The molecule has 1 aromatic rings. The van der Waals surface area contributed by atoms with Gasteiger partial charge >= 0.3 is 5.97 Å². The molecule has 0 aliphatic carbocycles. The highest BCUT2D eigenvalue weighted by molar-refractivity contribution is 8.00. The molecule has 0 aromatic carbocycles. The third kappa shape index (κ3) is 2.83. The number of ether oxygens (including phenoxy) is 1. The van der Waals surface area contributed by atoms with E-state index in [0.29, 0.717) is 5.57 Å². The number of carbonyl (C=O) groups is 3. The molecule has 0 spiro atoms. The Balaban J connectivity index is 1.74. The molecular formula is C15H16N2O5S2. The number of methoxy groups -OCH3 is 1. The van der Waals surface area contributed by atoms with E-state index in [-0.39, 0.29) is 18.0 Å². The number of nitrogens with one attached hydrogen (secondary N) is 1. The third-order valence-electron chi connectivity index (χ3n) is 3.92. The van der Waals surface area contributed by atoms with Crippen LogP contribution in [0.15, 0.2) is 28.8 Å². The van der Waals surface area contributed by atoms with Crippen molar-refractivity contribution in [1.29, 1.82) is 0 Å². The van der Waals surface area contributed by atoms with E-state index in [9.17, 15) is 19.5 Å². The maximum absolute atomic E-state index is 12.4. The van der Waals surface area contributed by atoms with Gasteiger partial charge in [-0.3, -0.25) is 14.5 Å². The number of nitrogens with zero attached hydrogens (tertiary/aromatic N) is 1. The number of rotatable bonds is 5. The monoisotopic (exact) mass is 368 g/mol. The van der Waals surface area contributed by atoms with Crippen molar-refractivity contribution in [3.8, 4) is 0 Å². The Morgan fingerprint density at radius 1 is 1.46 bits per heavy atom. The van der Waals surface area contributed by atoms with Gasteiger partial charge in [0.1, 0.15) is 22.5 Å². The zero-order chi connectivity index (χ0) is 17.4. The number of aliphatic carboxylic acids is 1. The highest BCUT2D eigenvalue weighted by Crippen LogP contribution is 2.44. The lowest BCUT2D eigenvalue weighted by atomic mass is 10.0. The molecule has 7 nitrogen and oxygen atoms in total. The van der Waals surface area contributed by atoms with Gasteiger partial charge in [0.25, 0.3) is 5.91 Å². The summed E-state index contributed by atoms with van der Waals surface area (Å²) in [5.74, 6) is -1.83. The normalized spacial score (nSPS) is 26.0. The third-order valence-corrected chi connectivity index (χ3v) is 6.35. The zero-order valence-electron chi connectivity index (χ0n) is 13.0. The Bertz CT molecular complexity index is 715. The molecule has 0 unspecified atom stereocenters. The topological polar surface area (TPSA) is 95.9 Å². The first kappa shape index (κ1) is 17.0. The fourth-order valence-electron chi connectivity index (χ4n) is 2.80. The average Bonchev–Trinajstić information content (AvgIpc) is 3.04. The maximum Gasteiger partial charge on any atom is 0.352 e. The second kappa shape index (κ2) is 6.58. The Labute approximate surface area is 146 Å². The quantitative estimate of drug-likeness (QED) is 0.754. The predicted octanol–water partition coefficient (Wildman–Crippen LogP) is 1.02. The summed E-state index contributed by atoms with van der Waals surface area (Å²) in [6.07, 6.45) is 0.202. The molecule has 2 N–H and O–H groups in total. The van der Waals surface area contributed by atoms with Crippen LogP contribution in [-0.4, -0.2) is 51.8 Å². The van der Waals surface area contributed by atoms with Gasteiger partial charge in [0.15, 0.2) is 0 Å². The number of carboxylic acids is 1. The molecule has 2 aliphatic heterocycles. The number of fused-ring (bicyclic) bond motifs is 1. The minimum atomic E-state index is -1.17. The van der Waals surface area contributed by atoms with Gasteiger partial charge < -0.3 is 15.2 Å². The Morgan fingerprint density at radius 2 is 2.21 bits per heavy atom. The molecule has 3 heterocycles. The molecule has 0 bridgehead atoms. The Morgan fingerprint density at radius 3 is 2.79 bits per heavy atom. The molecular weight excluding hydrogens is 352 g/mol. The number of amides is 2. The van der Waals surface area contributed by atoms with E-state index < -0.39 is 28.7 Å². The molecule has 1 aromatic heterocycles. The highest BCUT2D eigenvalue weighted by Gasteiger charge is 2.55. The van der Waals surface area contributed by atoms with Crippen molar-refractivity contribution in [2.24, 2.45) is 0 Å². The minimum Gasteiger partial charge on any atom is -0.477 e. The van der Waals surface area contributed by atoms with E-state index in [4.69, 9.17) is 4.74 Å². The summed E-state index contributed by atoms with van der Waals surface area (Å²) in [5, 5.41) is 13.5. The smallest absolute Gasteiger partial charge is 0.352 e. The second-order valence-corrected chi connectivity index (χ2v) is 7.66. The van der Waals surface area contributed by atoms with Crippen molar-refractivity contribution in [2.75, 3.05) is 7.11 Å². The molecule has 2 aliphatic rings. The first-order chi connectivity index (χ1) is 11.4. The van der Waals surface area contributed by atoms with Crippen molar-refractivity contribution in [2.45, 2.75) is 30.2 Å². The lowest BCUT2D eigenvalue weighted by Gasteiger charge is -2.50. The fraction of sp³-hybridized carbons (Fsp3) is 0.400. The van der Waals surface area contributed by atoms with Crippen LogP contribution in [0.1, 0.15) is 11.8 Å². The van der Waals surface area contributed by atoms with Crippen LogP contribution in [0.2, 0.25) is 0 Å². The summed E-state index contributed by atoms with van der Waals surface area (Å²) in [6, 6.07) is 2.98. The van der Waals surface area contributed by atoms with Gasteiger partial charge in [0, 0.05) is 12.0 Å². The van der Waals surface area contributed by atoms with Crippen LogP contribution < -0.4 is 5.32 Å². The number of carboxylic acid groups (broad SMARTS) is 1. The Kier molecular flexibility index (Phi) is 4.66. The number of hydrogen-bond donors (Lipinski definition) is 2. The van der Waals surface area contributed by atoms with E-state index in [1.165, 1.54) is 35.1 Å². The fourth-order valence-corrected chi connectivity index (χ4v) is 4.86. The van der Waals surface area contributed by atoms with Gasteiger partial charge in [-0.05, 0) is 23.9 Å². The van der Waals surface area contributed by atoms with Crippen molar-refractivity contribution < 1.29 is 24.2 Å². The van der Waals surface area contributed by atoms with Crippen LogP contribution in [0.25, 0.3) is 0 Å². The van der Waals surface area contributed by atoms with E-state index in [1.54, 1.807) is 6.92 Å². The van der Waals surface area contributed by atoms with Crippen molar-refractivity contribution in [3.63, 3.8) is 0 Å². The molecule has 3 rings (SSSR count). The molecule has 3 atom stereocenters. The predicted molar refractivity (Wildman–Crippen MR) is 89.3 cm³/mol. The van der Waals surface area contributed by atoms with Gasteiger partial charge in [-0.25, -0.2) is 4.79 Å². The Hall–Kier alpha value is -1.84. The molecule has 1 saturated heterocycles. The first-order valence-corrected chi connectivity index (χ1v) is 9.03. The summed E-state index contributed by atoms with van der Waals surface area (Å²) in [6.45, 7) is 1.64. The number of thioether (sulfide) groups is 1. The SMILES string of the molecule is CO[C@H]1S[C@H]2[C@@H](NC(=O)Cc3cccs3)C(=O)N2C(C(=O)O)=C1C. The van der Waals surface area contributed by atoms with Crippen LogP contribution in [0.5, 0.6) is 0 Å². The largest absolute Gasteiger partial charge is 0.477 e. The zero-order valence-corrected chi connectivity index (χ0v) is 14.6. The van der Waals surface area contributed by atoms with Gasteiger partial charge in [0.2, 0.25) is 5.91 Å². The number of β-lactam (4-membered cyclic amide) rings is 1. The maximum atomic E-state index is 12.4. The van der Waals surface area contributed by atoms with Gasteiger partial charge in [0.05, 0.1) is 6.42 Å². The second-order valence-electron chi connectivity index (χ2n) is 5.44. The van der Waals surface area contributed by atoms with E-state index in [1.807, 2.05) is 17.5 Å². The van der Waals surface area contributed by atoms with Crippen LogP contribution in [0, 0.1) is 0 Å². The van der Waals surface area contributed by atoms with Crippen LogP contribution in [0.4, 0.5) is 0 Å². The molecule has 24 heavy (non-hydrogen) atoms. The molecule has 2 amide bonds. The van der Waals surface area contributed by atoms with Crippen molar-refractivity contribution in [3.05, 3.63) is 33.7 Å². The average molecular weight is 368 g/mol. The van der Waals surface area contributed by atoms with E-state index in [0.717, 1.165) is 4.88 Å². The van der Waals surface area contributed by atoms with Gasteiger partial charge in [-0.2, -0.15) is 0 Å². The van der Waals surface area contributed by atoms with Gasteiger partial charge in [-0.15, -0.1) is 11.3 Å². The number of thiophene rings is 1. The van der Waals surface area contributed by atoms with Crippen LogP contribution in [-0.2, 0) is 25.5 Å². The van der Waals surface area contributed by atoms with Crippen LogP contribution in [0.3, 0.4) is 0 Å². The molecule has 128 valence electrons. The summed E-state index contributed by atoms with van der Waals surface area (Å²) >= 11 is 2.79. The minimum absolute atomic E-state index is 0.0562. The molecule has 1 fully saturated rings. The van der Waals surface area contributed by atoms with E-state index >= 15 is 0 Å². The van der Waals surface area contributed by atoms with Crippen molar-refractivity contribution >= 4 is 40.9 Å². The molecule has 0 saturated carbocycles. The number of hydrogen-bond acceptors (Lipinski definition) is 6. The van der Waals surface area contributed by atoms with Gasteiger partial charge in [-0.1, -0.05) is 17.8 Å². The van der Waals surface area contributed by atoms with Crippen molar-refractivity contribution in [1.82, 2.24) is 10.2 Å². The summed E-state index contributed by atoms with van der Waals surface area (Å²) in [5.41, 5.74) is -0.0236. The first-order valence-electron chi connectivity index (χ1n) is 7.21. The van der Waals surface area contributed by atoms with E-state index in [2.05, 4.69) is 5.32 Å². The number of carbonyl (C=O) groups excluding carboxylic acids is 2. The highest BCUT2D eigenvalue weighted by atomic mass is 32.2. The molecule has 0 radical (unpaired) electrons. The summed E-state index contributed by atoms with van der Waals surface area (Å²) < 4.78 is 5.30. The molecule has 9 heteroatoms. The van der Waals surface area contributed by atoms with Crippen LogP contribution >= 0.6 is 23.1 Å². The lowest BCUT2D eigenvalue weighted by Crippen LogP contribution is -2.71. The lowest BCUT2D eigenvalue weighted by molar-refractivity contribution is -0.151. The standard InChI is InChI=1S/C15H16N2O5S2/c1-7-11(14(20)21)17-12(19)10(13(17)24-15(7)22-2)16-9(18)6-8-4-3-5-23-8/h3-5,10,13,15H,6H2,1-2H3,(H,16,18)(H,20,21)/t10-,13-,15-/m0/s1. The summed E-state index contributed by atoms with van der Waals surface area (Å²) in [4.78, 5) is 38.1. The summed E-state index contributed by atoms with van der Waals surface area (Å²) in [7, 11) is 1.49.